The van der Waals surface area contributed by atoms with Crippen LogP contribution in [0.2, 0.25) is 0 Å². The molecule has 0 saturated carbocycles. The highest BCUT2D eigenvalue weighted by Crippen LogP contribution is 2.15. The van der Waals surface area contributed by atoms with Crippen LogP contribution < -0.4 is 5.32 Å². The minimum atomic E-state index is -0.557. The highest BCUT2D eigenvalue weighted by molar-refractivity contribution is 5.95. The third kappa shape index (κ3) is 4.94. The molecule has 1 aliphatic heterocycles. The summed E-state index contributed by atoms with van der Waals surface area (Å²) in [6.45, 7) is 2.86. The van der Waals surface area contributed by atoms with Crippen molar-refractivity contribution in [2.24, 2.45) is 0 Å². The van der Waals surface area contributed by atoms with Crippen molar-refractivity contribution < 1.29 is 19.1 Å². The molecular weight excluding hydrogens is 344 g/mol. The molecule has 140 valence electrons. The van der Waals surface area contributed by atoms with E-state index in [1.165, 1.54) is 0 Å². The maximum absolute atomic E-state index is 12.1. The number of nitrogens with one attached hydrogen (secondary N) is 1. The quantitative estimate of drug-likeness (QED) is 0.798. The molecule has 0 aliphatic carbocycles. The third-order valence-corrected chi connectivity index (χ3v) is 4.49. The van der Waals surface area contributed by atoms with Gasteiger partial charge in [0.2, 0.25) is 5.91 Å². The van der Waals surface area contributed by atoms with Crippen LogP contribution in [0, 0.1) is 6.92 Å². The predicted octanol–water partition coefficient (Wildman–Crippen LogP) is 2.91. The number of benzene rings is 2. The molecule has 2 aromatic rings. The lowest BCUT2D eigenvalue weighted by atomic mass is 10.1. The molecule has 3 rings (SSSR count). The number of nitrogens with zero attached hydrogens (tertiary/aromatic N) is 1. The van der Waals surface area contributed by atoms with E-state index in [-0.39, 0.29) is 18.4 Å². The van der Waals surface area contributed by atoms with Crippen molar-refractivity contribution in [1.29, 1.82) is 0 Å². The maximum Gasteiger partial charge on any atom is 0.338 e. The van der Waals surface area contributed by atoms with Gasteiger partial charge in [-0.3, -0.25) is 9.59 Å². The minimum Gasteiger partial charge on any atom is -0.452 e. The van der Waals surface area contributed by atoms with Crippen LogP contribution in [-0.2, 0) is 20.9 Å². The fourth-order valence-corrected chi connectivity index (χ4v) is 2.95. The summed E-state index contributed by atoms with van der Waals surface area (Å²) in [6, 6.07) is 14.3. The van der Waals surface area contributed by atoms with Crippen molar-refractivity contribution in [3.05, 3.63) is 65.2 Å². The van der Waals surface area contributed by atoms with Crippen molar-refractivity contribution in [1.82, 2.24) is 4.90 Å². The Hall–Kier alpha value is -3.15. The van der Waals surface area contributed by atoms with E-state index >= 15 is 0 Å². The summed E-state index contributed by atoms with van der Waals surface area (Å²) < 4.78 is 5.08. The second kappa shape index (κ2) is 8.49. The van der Waals surface area contributed by atoms with Crippen LogP contribution in [0.25, 0.3) is 0 Å². The highest BCUT2D eigenvalue weighted by Gasteiger charge is 2.20. The zero-order chi connectivity index (χ0) is 19.2. The topological polar surface area (TPSA) is 75.7 Å². The molecule has 1 heterocycles. The smallest absolute Gasteiger partial charge is 0.338 e. The Kier molecular flexibility index (Phi) is 5.86. The van der Waals surface area contributed by atoms with Crippen molar-refractivity contribution in [3.8, 4) is 0 Å². The number of ether oxygens (including phenoxy) is 1. The summed E-state index contributed by atoms with van der Waals surface area (Å²) in [7, 11) is 0. The van der Waals surface area contributed by atoms with E-state index in [0.717, 1.165) is 24.1 Å². The van der Waals surface area contributed by atoms with Gasteiger partial charge in [0.05, 0.1) is 5.56 Å². The molecule has 0 aromatic heterocycles. The molecule has 1 fully saturated rings. The largest absolute Gasteiger partial charge is 0.452 e. The van der Waals surface area contributed by atoms with Gasteiger partial charge in [-0.1, -0.05) is 30.3 Å². The predicted molar refractivity (Wildman–Crippen MR) is 101 cm³/mol. The molecule has 0 radical (unpaired) electrons. The van der Waals surface area contributed by atoms with Gasteiger partial charge in [-0.25, -0.2) is 4.79 Å². The summed E-state index contributed by atoms with van der Waals surface area (Å²) in [5, 5.41) is 2.72. The second-order valence-corrected chi connectivity index (χ2v) is 6.56. The molecule has 0 bridgehead atoms. The number of para-hydroxylation sites is 1. The molecule has 1 N–H and O–H groups in total. The Balaban J connectivity index is 1.49. The van der Waals surface area contributed by atoms with Gasteiger partial charge in [-0.15, -0.1) is 0 Å². The second-order valence-electron chi connectivity index (χ2n) is 6.56. The number of carbonyl (C=O) groups is 3. The monoisotopic (exact) mass is 366 g/mol. The lowest BCUT2D eigenvalue weighted by molar-refractivity contribution is -0.128. The van der Waals surface area contributed by atoms with Crippen LogP contribution in [0.1, 0.15) is 34.3 Å². The molecule has 0 spiro atoms. The number of esters is 1. The fraction of sp³-hybridized carbons (Fsp3) is 0.286. The van der Waals surface area contributed by atoms with Gasteiger partial charge in [-0.05, 0) is 42.7 Å². The average molecular weight is 366 g/mol. The average Bonchev–Trinajstić information content (AvgIpc) is 3.07. The number of hydrogen-bond acceptors (Lipinski definition) is 4. The molecule has 2 amide bonds. The molecular formula is C21H22N2O4. The first-order valence-corrected chi connectivity index (χ1v) is 8.92. The van der Waals surface area contributed by atoms with Gasteiger partial charge in [0, 0.05) is 25.2 Å². The highest BCUT2D eigenvalue weighted by atomic mass is 16.5. The molecule has 2 aromatic carbocycles. The van der Waals surface area contributed by atoms with Crippen molar-refractivity contribution in [2.75, 3.05) is 18.5 Å². The van der Waals surface area contributed by atoms with Gasteiger partial charge < -0.3 is 15.0 Å². The zero-order valence-corrected chi connectivity index (χ0v) is 15.2. The number of aryl methyl sites for hydroxylation is 1. The van der Waals surface area contributed by atoms with E-state index in [2.05, 4.69) is 5.32 Å². The van der Waals surface area contributed by atoms with Crippen molar-refractivity contribution in [2.45, 2.75) is 26.3 Å². The first kappa shape index (κ1) is 18.6. The van der Waals surface area contributed by atoms with E-state index in [0.29, 0.717) is 24.2 Å². The Morgan fingerprint density at radius 2 is 1.85 bits per heavy atom. The Morgan fingerprint density at radius 3 is 2.52 bits per heavy atom. The number of anilines is 1. The van der Waals surface area contributed by atoms with Crippen LogP contribution in [0.4, 0.5) is 5.69 Å². The van der Waals surface area contributed by atoms with Crippen molar-refractivity contribution >= 4 is 23.5 Å². The van der Waals surface area contributed by atoms with E-state index < -0.39 is 5.97 Å². The third-order valence-electron chi connectivity index (χ3n) is 4.49. The van der Waals surface area contributed by atoms with Crippen LogP contribution in [0.15, 0.2) is 48.5 Å². The van der Waals surface area contributed by atoms with E-state index in [4.69, 9.17) is 4.74 Å². The lowest BCUT2D eigenvalue weighted by Crippen LogP contribution is -2.24. The van der Waals surface area contributed by atoms with E-state index in [9.17, 15) is 14.4 Å². The van der Waals surface area contributed by atoms with E-state index in [1.54, 1.807) is 30.3 Å². The summed E-state index contributed by atoms with van der Waals surface area (Å²) >= 11 is 0. The van der Waals surface area contributed by atoms with Crippen LogP contribution >= 0.6 is 0 Å². The summed E-state index contributed by atoms with van der Waals surface area (Å²) in [5.74, 6) is -0.779. The number of amides is 2. The lowest BCUT2D eigenvalue weighted by Gasteiger charge is -2.15. The molecule has 6 heteroatoms. The summed E-state index contributed by atoms with van der Waals surface area (Å²) in [4.78, 5) is 37.5. The molecule has 1 saturated heterocycles. The van der Waals surface area contributed by atoms with Gasteiger partial charge in [0.1, 0.15) is 0 Å². The van der Waals surface area contributed by atoms with Gasteiger partial charge >= 0.3 is 5.97 Å². The standard InChI is InChI=1S/C21H22N2O4/c1-15-5-2-3-6-18(15)22-19(24)14-27-21(26)17-10-8-16(9-11-17)13-23-12-4-7-20(23)25/h2-3,5-6,8-11H,4,7,12-14H2,1H3,(H,22,24). The molecule has 27 heavy (non-hydrogen) atoms. The first-order chi connectivity index (χ1) is 13.0. The van der Waals surface area contributed by atoms with Crippen molar-refractivity contribution in [3.63, 3.8) is 0 Å². The molecule has 1 aliphatic rings. The Bertz CT molecular complexity index is 846. The normalized spacial score (nSPS) is 13.5. The number of carbonyl (C=O) groups excluding carboxylic acids is 3. The van der Waals surface area contributed by atoms with Gasteiger partial charge in [0.15, 0.2) is 6.61 Å². The number of rotatable bonds is 6. The van der Waals surface area contributed by atoms with Crippen LogP contribution in [-0.4, -0.2) is 35.8 Å². The number of hydrogen-bond donors (Lipinski definition) is 1. The minimum absolute atomic E-state index is 0.165. The van der Waals surface area contributed by atoms with Gasteiger partial charge in [0.25, 0.3) is 5.91 Å². The Morgan fingerprint density at radius 1 is 1.11 bits per heavy atom. The Labute approximate surface area is 158 Å². The molecule has 0 unspecified atom stereocenters. The number of likely N-dealkylation sites (tertiary alicyclic amines) is 1. The summed E-state index contributed by atoms with van der Waals surface area (Å²) in [6.07, 6.45) is 1.50. The van der Waals surface area contributed by atoms with Crippen LogP contribution in [0.5, 0.6) is 0 Å². The first-order valence-electron chi connectivity index (χ1n) is 8.92. The fourth-order valence-electron chi connectivity index (χ4n) is 2.95. The van der Waals surface area contributed by atoms with Crippen LogP contribution in [0.3, 0.4) is 0 Å². The maximum atomic E-state index is 12.1. The SMILES string of the molecule is Cc1ccccc1NC(=O)COC(=O)c1ccc(CN2CCCC2=O)cc1. The van der Waals surface area contributed by atoms with E-state index in [1.807, 2.05) is 30.0 Å². The zero-order valence-electron chi connectivity index (χ0n) is 15.2. The molecule has 6 nitrogen and oxygen atoms in total. The molecule has 0 atom stereocenters. The summed E-state index contributed by atoms with van der Waals surface area (Å²) in [5.41, 5.74) is 2.96. The van der Waals surface area contributed by atoms with Gasteiger partial charge in [-0.2, -0.15) is 0 Å².